The molecule has 5 nitrogen and oxygen atoms in total. The average molecular weight is 402 g/mol. The SMILES string of the molecule is Cc1ccc(S(=O)(=O)n2cc(/C=C/C#N)c3cnc(Br)cc32)cc1. The first kappa shape index (κ1) is 16.4. The maximum Gasteiger partial charge on any atom is 0.268 e. The summed E-state index contributed by atoms with van der Waals surface area (Å²) in [6.07, 6.45) is 5.96. The Morgan fingerprint density at radius 2 is 2.00 bits per heavy atom. The number of benzene rings is 1. The van der Waals surface area contributed by atoms with Crippen molar-refractivity contribution >= 4 is 42.9 Å². The molecule has 0 saturated heterocycles. The number of halogens is 1. The van der Waals surface area contributed by atoms with Gasteiger partial charge in [-0.3, -0.25) is 0 Å². The molecule has 0 unspecified atom stereocenters. The zero-order valence-corrected chi connectivity index (χ0v) is 15.0. The Kier molecular flexibility index (Phi) is 4.26. The molecule has 0 saturated carbocycles. The molecule has 1 aromatic carbocycles. The number of fused-ring (bicyclic) bond motifs is 1. The van der Waals surface area contributed by atoms with Crippen molar-refractivity contribution in [3.05, 3.63) is 64.5 Å². The van der Waals surface area contributed by atoms with Crippen molar-refractivity contribution < 1.29 is 8.42 Å². The molecule has 24 heavy (non-hydrogen) atoms. The summed E-state index contributed by atoms with van der Waals surface area (Å²) in [4.78, 5) is 4.35. The van der Waals surface area contributed by atoms with Gasteiger partial charge in [-0.1, -0.05) is 17.7 Å². The van der Waals surface area contributed by atoms with Gasteiger partial charge >= 0.3 is 0 Å². The lowest BCUT2D eigenvalue weighted by atomic mass is 10.2. The number of nitriles is 1. The highest BCUT2D eigenvalue weighted by Gasteiger charge is 2.21. The van der Waals surface area contributed by atoms with Crippen molar-refractivity contribution in [1.82, 2.24) is 8.96 Å². The second-order valence-electron chi connectivity index (χ2n) is 5.18. The third kappa shape index (κ3) is 2.86. The molecule has 2 heterocycles. The van der Waals surface area contributed by atoms with Crippen molar-refractivity contribution in [3.8, 4) is 6.07 Å². The van der Waals surface area contributed by atoms with E-state index in [2.05, 4.69) is 20.9 Å². The third-order valence-corrected chi connectivity index (χ3v) is 5.69. The first-order chi connectivity index (χ1) is 11.4. The molecular weight excluding hydrogens is 390 g/mol. The molecule has 0 amide bonds. The van der Waals surface area contributed by atoms with E-state index in [-0.39, 0.29) is 4.90 Å². The molecule has 0 bridgehead atoms. The summed E-state index contributed by atoms with van der Waals surface area (Å²) in [7, 11) is -3.75. The normalized spacial score (nSPS) is 11.9. The van der Waals surface area contributed by atoms with Gasteiger partial charge in [-0.15, -0.1) is 0 Å². The molecule has 2 aromatic heterocycles. The minimum atomic E-state index is -3.75. The predicted molar refractivity (Wildman–Crippen MR) is 95.8 cm³/mol. The van der Waals surface area contributed by atoms with Crippen LogP contribution in [0.5, 0.6) is 0 Å². The fourth-order valence-electron chi connectivity index (χ4n) is 2.37. The van der Waals surface area contributed by atoms with Crippen molar-refractivity contribution in [2.45, 2.75) is 11.8 Å². The van der Waals surface area contributed by atoms with Gasteiger partial charge in [0.05, 0.1) is 16.5 Å². The van der Waals surface area contributed by atoms with Crippen LogP contribution in [0.15, 0.2) is 58.3 Å². The minimum Gasteiger partial charge on any atom is -0.249 e. The van der Waals surface area contributed by atoms with E-state index in [1.54, 1.807) is 42.6 Å². The molecule has 0 aliphatic carbocycles. The van der Waals surface area contributed by atoms with E-state index in [0.29, 0.717) is 21.1 Å². The first-order valence-electron chi connectivity index (χ1n) is 6.98. The van der Waals surface area contributed by atoms with Crippen LogP contribution in [0.1, 0.15) is 11.1 Å². The molecule has 0 spiro atoms. The molecule has 0 N–H and O–H groups in total. The van der Waals surface area contributed by atoms with Crippen LogP contribution >= 0.6 is 15.9 Å². The lowest BCUT2D eigenvalue weighted by molar-refractivity contribution is 0.589. The van der Waals surface area contributed by atoms with Crippen LogP contribution < -0.4 is 0 Å². The Balaban J connectivity index is 2.29. The maximum absolute atomic E-state index is 13.0. The summed E-state index contributed by atoms with van der Waals surface area (Å²) in [5, 5.41) is 9.38. The molecule has 3 rings (SSSR count). The first-order valence-corrected chi connectivity index (χ1v) is 9.22. The van der Waals surface area contributed by atoms with Crippen molar-refractivity contribution in [2.75, 3.05) is 0 Å². The van der Waals surface area contributed by atoms with Crippen LogP contribution in [0.3, 0.4) is 0 Å². The zero-order chi connectivity index (χ0) is 17.3. The Morgan fingerprint density at radius 1 is 1.29 bits per heavy atom. The van der Waals surface area contributed by atoms with Crippen LogP contribution in [0, 0.1) is 18.3 Å². The van der Waals surface area contributed by atoms with Crippen LogP contribution in [0.2, 0.25) is 0 Å². The summed E-state index contributed by atoms with van der Waals surface area (Å²) < 4.78 is 27.7. The lowest BCUT2D eigenvalue weighted by Crippen LogP contribution is -2.11. The summed E-state index contributed by atoms with van der Waals surface area (Å²) in [6.45, 7) is 1.90. The highest BCUT2D eigenvalue weighted by atomic mass is 79.9. The van der Waals surface area contributed by atoms with Crippen molar-refractivity contribution in [1.29, 1.82) is 5.26 Å². The number of nitrogens with zero attached hydrogens (tertiary/aromatic N) is 3. The second kappa shape index (κ2) is 6.23. The quantitative estimate of drug-likeness (QED) is 0.492. The van der Waals surface area contributed by atoms with Gasteiger partial charge in [-0.25, -0.2) is 17.4 Å². The molecule has 120 valence electrons. The van der Waals surface area contributed by atoms with Crippen LogP contribution in [0.25, 0.3) is 17.0 Å². The van der Waals surface area contributed by atoms with E-state index in [4.69, 9.17) is 5.26 Å². The molecule has 0 radical (unpaired) electrons. The molecule has 0 aliphatic rings. The van der Waals surface area contributed by atoms with E-state index >= 15 is 0 Å². The number of rotatable bonds is 3. The highest BCUT2D eigenvalue weighted by molar-refractivity contribution is 9.10. The summed E-state index contributed by atoms with van der Waals surface area (Å²) in [5.74, 6) is 0. The maximum atomic E-state index is 13.0. The van der Waals surface area contributed by atoms with E-state index in [1.165, 1.54) is 16.2 Å². The fourth-order valence-corrected chi connectivity index (χ4v) is 4.06. The summed E-state index contributed by atoms with van der Waals surface area (Å²) in [6, 6.07) is 10.2. The number of hydrogen-bond donors (Lipinski definition) is 0. The van der Waals surface area contributed by atoms with E-state index in [0.717, 1.165) is 5.56 Å². The van der Waals surface area contributed by atoms with Crippen molar-refractivity contribution in [3.63, 3.8) is 0 Å². The average Bonchev–Trinajstić information content (AvgIpc) is 2.91. The van der Waals surface area contributed by atoms with Gasteiger partial charge in [0.2, 0.25) is 0 Å². The Morgan fingerprint density at radius 3 is 2.67 bits per heavy atom. The number of allylic oxidation sites excluding steroid dienone is 1. The van der Waals surface area contributed by atoms with E-state index in [1.807, 2.05) is 13.0 Å². The van der Waals surface area contributed by atoms with E-state index in [9.17, 15) is 8.42 Å². The molecule has 0 fully saturated rings. The number of pyridine rings is 1. The smallest absolute Gasteiger partial charge is 0.249 e. The number of aromatic nitrogens is 2. The Bertz CT molecular complexity index is 1090. The highest BCUT2D eigenvalue weighted by Crippen LogP contribution is 2.28. The monoisotopic (exact) mass is 401 g/mol. The van der Waals surface area contributed by atoms with Gasteiger partial charge in [-0.05, 0) is 47.1 Å². The van der Waals surface area contributed by atoms with Gasteiger partial charge in [0.1, 0.15) is 4.60 Å². The molecule has 0 atom stereocenters. The molecular formula is C17H12BrN3O2S. The number of aryl methyl sites for hydroxylation is 1. The van der Waals surface area contributed by atoms with Gasteiger partial charge in [0, 0.05) is 29.4 Å². The Hall–Kier alpha value is -2.43. The minimum absolute atomic E-state index is 0.203. The van der Waals surface area contributed by atoms with Gasteiger partial charge in [0.15, 0.2) is 0 Å². The predicted octanol–water partition coefficient (Wildman–Crippen LogP) is 3.88. The van der Waals surface area contributed by atoms with E-state index < -0.39 is 10.0 Å². The van der Waals surface area contributed by atoms with Crippen LogP contribution in [-0.2, 0) is 10.0 Å². The fraction of sp³-hybridized carbons (Fsp3) is 0.0588. The van der Waals surface area contributed by atoms with Gasteiger partial charge in [0.25, 0.3) is 10.0 Å². The van der Waals surface area contributed by atoms with Crippen molar-refractivity contribution in [2.24, 2.45) is 0 Å². The number of hydrogen-bond acceptors (Lipinski definition) is 4. The molecule has 3 aromatic rings. The zero-order valence-electron chi connectivity index (χ0n) is 12.6. The topological polar surface area (TPSA) is 75.8 Å². The largest absolute Gasteiger partial charge is 0.268 e. The summed E-state index contributed by atoms with van der Waals surface area (Å²) in [5.41, 5.74) is 2.09. The molecule has 7 heteroatoms. The third-order valence-electron chi connectivity index (χ3n) is 3.57. The Labute approximate surface area is 148 Å². The summed E-state index contributed by atoms with van der Waals surface area (Å²) >= 11 is 3.27. The molecule has 0 aliphatic heterocycles. The lowest BCUT2D eigenvalue weighted by Gasteiger charge is -2.08. The van der Waals surface area contributed by atoms with Gasteiger partial charge < -0.3 is 0 Å². The van der Waals surface area contributed by atoms with Crippen LogP contribution in [-0.4, -0.2) is 17.4 Å². The van der Waals surface area contributed by atoms with Crippen LogP contribution in [0.4, 0.5) is 0 Å². The van der Waals surface area contributed by atoms with Gasteiger partial charge in [-0.2, -0.15) is 5.26 Å². The standard InChI is InChI=1S/C17H12BrN3O2S/c1-12-4-6-14(7-5-12)24(22,23)21-11-13(3-2-8-19)15-10-20-17(18)9-16(15)21/h2-7,9-11H,1H3/b3-2+. The second-order valence-corrected chi connectivity index (χ2v) is 7.81.